The molecule has 1 heterocycles. The Kier molecular flexibility index (Phi) is 12.9. The van der Waals surface area contributed by atoms with Gasteiger partial charge in [0.2, 0.25) is 11.8 Å². The minimum Gasteiger partial charge on any atom is -0.473 e. The van der Waals surface area contributed by atoms with Crippen molar-refractivity contribution in [2.45, 2.75) is 97.7 Å². The van der Waals surface area contributed by atoms with E-state index in [4.69, 9.17) is 19.3 Å². The molecule has 0 aliphatic rings. The highest BCUT2D eigenvalue weighted by molar-refractivity contribution is 5.74. The summed E-state index contributed by atoms with van der Waals surface area (Å²) < 4.78 is 12.3. The molecule has 1 N–H and O–H groups in total. The molecule has 0 spiro atoms. The van der Waals surface area contributed by atoms with E-state index in [0.717, 1.165) is 46.3 Å². The summed E-state index contributed by atoms with van der Waals surface area (Å²) in [6.45, 7) is 9.44. The number of pyridine rings is 1. The van der Waals surface area contributed by atoms with E-state index in [-0.39, 0.29) is 11.4 Å². The van der Waals surface area contributed by atoms with Gasteiger partial charge in [-0.25, -0.2) is 10.3 Å². The zero-order valence-electron chi connectivity index (χ0n) is 27.3. The lowest BCUT2D eigenvalue weighted by atomic mass is 9.84. The van der Waals surface area contributed by atoms with E-state index < -0.39 is 0 Å². The zero-order chi connectivity index (χ0) is 31.9. The van der Waals surface area contributed by atoms with E-state index in [9.17, 15) is 4.79 Å². The van der Waals surface area contributed by atoms with E-state index in [2.05, 4.69) is 39.2 Å². The summed E-state index contributed by atoms with van der Waals surface area (Å²) in [6.07, 6.45) is 8.52. The van der Waals surface area contributed by atoms with Crippen molar-refractivity contribution >= 4 is 11.7 Å². The van der Waals surface area contributed by atoms with Crippen LogP contribution in [-0.4, -0.2) is 11.0 Å². The average molecular weight is 609 g/mol. The van der Waals surface area contributed by atoms with Crippen LogP contribution in [0, 0.1) is 0 Å². The van der Waals surface area contributed by atoms with E-state index in [1.165, 1.54) is 32.1 Å². The molecule has 4 aromatic rings. The van der Waals surface area contributed by atoms with Crippen molar-refractivity contribution in [2.24, 2.45) is 0 Å². The SMILES string of the molecule is CCCCCCCCCC(=O)ONc1ccc(-c2ccc(OCc3ccccc3)nc2OCc2ccccc2)cc1C(C)(C)C. The number of carbonyl (C=O) groups excluding carboxylic acids is 1. The first kappa shape index (κ1) is 33.6. The van der Waals surface area contributed by atoms with Gasteiger partial charge in [0.1, 0.15) is 13.2 Å². The van der Waals surface area contributed by atoms with Crippen molar-refractivity contribution < 1.29 is 19.1 Å². The summed E-state index contributed by atoms with van der Waals surface area (Å²) in [7, 11) is 0. The van der Waals surface area contributed by atoms with Gasteiger partial charge in [-0.3, -0.25) is 0 Å². The molecule has 4 rings (SSSR count). The summed E-state index contributed by atoms with van der Waals surface area (Å²) in [5, 5.41) is 0. The third-order valence-electron chi connectivity index (χ3n) is 7.68. The maximum absolute atomic E-state index is 12.5. The fraction of sp³-hybridized carbons (Fsp3) is 0.385. The number of hydrogen-bond acceptors (Lipinski definition) is 6. The molecule has 1 aromatic heterocycles. The number of anilines is 1. The number of carbonyl (C=O) groups is 1. The number of ether oxygens (including phenoxy) is 2. The van der Waals surface area contributed by atoms with Crippen molar-refractivity contribution in [1.82, 2.24) is 4.98 Å². The third-order valence-corrected chi connectivity index (χ3v) is 7.68. The van der Waals surface area contributed by atoms with Gasteiger partial charge >= 0.3 is 5.97 Å². The summed E-state index contributed by atoms with van der Waals surface area (Å²) in [6, 6.07) is 30.0. The van der Waals surface area contributed by atoms with Gasteiger partial charge in [0.05, 0.1) is 5.69 Å². The standard InChI is InChI=1S/C39H48N2O4/c1-5-6-7-8-9-10-17-22-37(42)45-41-35-25-23-32(27-34(35)39(2,3)4)33-24-26-36(43-28-30-18-13-11-14-19-30)40-38(33)44-29-31-20-15-12-16-21-31/h11-16,18-21,23-27,41H,5-10,17,22,28-29H2,1-4H3. The number of unbranched alkanes of at least 4 members (excludes halogenated alkanes) is 6. The fourth-order valence-corrected chi connectivity index (χ4v) is 5.10. The molecule has 0 amide bonds. The summed E-state index contributed by atoms with van der Waals surface area (Å²) >= 11 is 0. The first-order valence-electron chi connectivity index (χ1n) is 16.3. The monoisotopic (exact) mass is 608 g/mol. The van der Waals surface area contributed by atoms with Crippen LogP contribution in [0.15, 0.2) is 91.0 Å². The second-order valence-corrected chi connectivity index (χ2v) is 12.5. The lowest BCUT2D eigenvalue weighted by Crippen LogP contribution is -2.17. The van der Waals surface area contributed by atoms with Gasteiger partial charge < -0.3 is 14.3 Å². The van der Waals surface area contributed by atoms with Crippen LogP contribution in [0.5, 0.6) is 11.8 Å². The maximum Gasteiger partial charge on any atom is 0.332 e. The highest BCUT2D eigenvalue weighted by Gasteiger charge is 2.21. The van der Waals surface area contributed by atoms with Crippen molar-refractivity contribution in [3.8, 4) is 22.9 Å². The molecular weight excluding hydrogens is 560 g/mol. The molecule has 6 heteroatoms. The summed E-state index contributed by atoms with van der Waals surface area (Å²) in [5.74, 6) is 0.748. The molecule has 238 valence electrons. The smallest absolute Gasteiger partial charge is 0.332 e. The lowest BCUT2D eigenvalue weighted by Gasteiger charge is -2.24. The van der Waals surface area contributed by atoms with Crippen molar-refractivity contribution in [3.63, 3.8) is 0 Å². The van der Waals surface area contributed by atoms with E-state index in [1.807, 2.05) is 84.9 Å². The number of aromatic nitrogens is 1. The minimum atomic E-state index is -0.237. The van der Waals surface area contributed by atoms with Crippen LogP contribution in [0.2, 0.25) is 0 Å². The second kappa shape index (κ2) is 17.2. The predicted molar refractivity (Wildman–Crippen MR) is 182 cm³/mol. The maximum atomic E-state index is 12.5. The molecule has 3 aromatic carbocycles. The number of nitrogens with zero attached hydrogens (tertiary/aromatic N) is 1. The molecule has 0 aliphatic heterocycles. The summed E-state index contributed by atoms with van der Waals surface area (Å²) in [4.78, 5) is 22.8. The van der Waals surface area contributed by atoms with Gasteiger partial charge in [-0.1, -0.05) is 133 Å². The Morgan fingerprint density at radius 1 is 0.733 bits per heavy atom. The van der Waals surface area contributed by atoms with Gasteiger partial charge in [0.15, 0.2) is 0 Å². The molecular formula is C39H48N2O4. The van der Waals surface area contributed by atoms with Crippen LogP contribution in [-0.2, 0) is 28.3 Å². The molecule has 0 fully saturated rings. The molecule has 0 aliphatic carbocycles. The largest absolute Gasteiger partial charge is 0.473 e. The lowest BCUT2D eigenvalue weighted by molar-refractivity contribution is -0.140. The first-order chi connectivity index (χ1) is 21.8. The number of benzene rings is 3. The minimum absolute atomic E-state index is 0.222. The number of hydrogen-bond donors (Lipinski definition) is 1. The van der Waals surface area contributed by atoms with Crippen LogP contribution in [0.3, 0.4) is 0 Å². The van der Waals surface area contributed by atoms with Crippen LogP contribution in [0.25, 0.3) is 11.1 Å². The van der Waals surface area contributed by atoms with Gasteiger partial charge in [0.25, 0.3) is 0 Å². The van der Waals surface area contributed by atoms with Gasteiger partial charge in [-0.05, 0) is 52.3 Å². The van der Waals surface area contributed by atoms with E-state index in [0.29, 0.717) is 31.4 Å². The van der Waals surface area contributed by atoms with Gasteiger partial charge in [0, 0.05) is 18.1 Å². The van der Waals surface area contributed by atoms with E-state index in [1.54, 1.807) is 0 Å². The summed E-state index contributed by atoms with van der Waals surface area (Å²) in [5.41, 5.74) is 8.43. The topological polar surface area (TPSA) is 69.7 Å². The Labute approximate surface area is 269 Å². The molecule has 0 atom stereocenters. The van der Waals surface area contributed by atoms with Crippen molar-refractivity contribution in [2.75, 3.05) is 5.48 Å². The van der Waals surface area contributed by atoms with Gasteiger partial charge in [-0.15, -0.1) is 0 Å². The Hall–Kier alpha value is -4.32. The van der Waals surface area contributed by atoms with Crippen LogP contribution in [0.1, 0.15) is 95.8 Å². The van der Waals surface area contributed by atoms with E-state index >= 15 is 0 Å². The highest BCUT2D eigenvalue weighted by Crippen LogP contribution is 2.37. The molecule has 45 heavy (non-hydrogen) atoms. The average Bonchev–Trinajstić information content (AvgIpc) is 3.05. The predicted octanol–water partition coefficient (Wildman–Crippen LogP) is 10.2. The van der Waals surface area contributed by atoms with Crippen LogP contribution >= 0.6 is 0 Å². The third kappa shape index (κ3) is 11.0. The highest BCUT2D eigenvalue weighted by atomic mass is 16.7. The molecule has 0 bridgehead atoms. The number of nitrogens with one attached hydrogen (secondary N) is 1. The first-order valence-corrected chi connectivity index (χ1v) is 16.3. The Balaban J connectivity index is 1.49. The van der Waals surface area contributed by atoms with Crippen LogP contribution in [0.4, 0.5) is 5.69 Å². The zero-order valence-corrected chi connectivity index (χ0v) is 27.3. The molecule has 0 radical (unpaired) electrons. The molecule has 0 saturated heterocycles. The Morgan fingerprint density at radius 3 is 2.00 bits per heavy atom. The molecule has 0 saturated carbocycles. The molecule has 0 unspecified atom stereocenters. The van der Waals surface area contributed by atoms with Crippen molar-refractivity contribution in [1.29, 1.82) is 0 Å². The second-order valence-electron chi connectivity index (χ2n) is 12.5. The molecule has 6 nitrogen and oxygen atoms in total. The van der Waals surface area contributed by atoms with Gasteiger partial charge in [-0.2, -0.15) is 4.98 Å². The Morgan fingerprint density at radius 2 is 1.36 bits per heavy atom. The van der Waals surface area contributed by atoms with Crippen molar-refractivity contribution in [3.05, 3.63) is 108 Å². The Bertz CT molecular complexity index is 1470. The fourth-order valence-electron chi connectivity index (χ4n) is 5.10. The normalized spacial score (nSPS) is 11.2. The number of rotatable bonds is 17. The van der Waals surface area contributed by atoms with Crippen LogP contribution < -0.4 is 15.0 Å². The quantitative estimate of drug-likeness (QED) is 0.0950.